The Kier molecular flexibility index (Phi) is 3.59. The Labute approximate surface area is 127 Å². The van der Waals surface area contributed by atoms with Gasteiger partial charge in [-0.2, -0.15) is 0 Å². The predicted molar refractivity (Wildman–Crippen MR) is 85.8 cm³/mol. The molecule has 0 aliphatic heterocycles. The van der Waals surface area contributed by atoms with Gasteiger partial charge in [-0.25, -0.2) is 0 Å². The van der Waals surface area contributed by atoms with Gasteiger partial charge in [-0.15, -0.1) is 0 Å². The van der Waals surface area contributed by atoms with Crippen molar-refractivity contribution in [2.75, 3.05) is 14.2 Å². The average molecular weight is 296 g/mol. The minimum absolute atomic E-state index is 0.107. The maximum absolute atomic E-state index is 12.9. The Morgan fingerprint density at radius 2 is 1.73 bits per heavy atom. The predicted octanol–water partition coefficient (Wildman–Crippen LogP) is 3.79. The fraction of sp³-hybridized carbons (Fsp3) is 0.167. The standard InChI is InChI=1S/C18H16O4/c1-11-16(12-7-5-4-6-8-12)18(19)17-14(21-3)9-13(20-2)10-15(17)22-11/h4-10H,1-3H3. The van der Waals surface area contributed by atoms with Gasteiger partial charge in [0.2, 0.25) is 5.43 Å². The summed E-state index contributed by atoms with van der Waals surface area (Å²) >= 11 is 0. The van der Waals surface area contributed by atoms with E-state index in [9.17, 15) is 4.79 Å². The van der Waals surface area contributed by atoms with Crippen molar-refractivity contribution in [1.29, 1.82) is 0 Å². The number of benzene rings is 2. The van der Waals surface area contributed by atoms with Crippen molar-refractivity contribution in [3.8, 4) is 22.6 Å². The van der Waals surface area contributed by atoms with Gasteiger partial charge in [-0.05, 0) is 12.5 Å². The summed E-state index contributed by atoms with van der Waals surface area (Å²) in [5.41, 5.74) is 1.73. The third kappa shape index (κ3) is 2.22. The number of ether oxygens (including phenoxy) is 2. The van der Waals surface area contributed by atoms with Crippen molar-refractivity contribution >= 4 is 11.0 Å². The van der Waals surface area contributed by atoms with Crippen LogP contribution < -0.4 is 14.9 Å². The number of hydrogen-bond acceptors (Lipinski definition) is 4. The number of aryl methyl sites for hydroxylation is 1. The van der Waals surface area contributed by atoms with Gasteiger partial charge in [0.05, 0.1) is 19.8 Å². The van der Waals surface area contributed by atoms with Crippen LogP contribution in [0.4, 0.5) is 0 Å². The molecule has 2 aromatic carbocycles. The van der Waals surface area contributed by atoms with Crippen molar-refractivity contribution < 1.29 is 13.9 Å². The van der Waals surface area contributed by atoms with E-state index in [-0.39, 0.29) is 5.43 Å². The summed E-state index contributed by atoms with van der Waals surface area (Å²) in [6.45, 7) is 1.79. The SMILES string of the molecule is COc1cc(OC)c2c(=O)c(-c3ccccc3)c(C)oc2c1. The van der Waals surface area contributed by atoms with Gasteiger partial charge in [0, 0.05) is 12.1 Å². The summed E-state index contributed by atoms with van der Waals surface area (Å²) in [5, 5.41) is 0.424. The minimum atomic E-state index is -0.107. The van der Waals surface area contributed by atoms with Crippen LogP contribution in [0.1, 0.15) is 5.76 Å². The third-order valence-corrected chi connectivity index (χ3v) is 3.63. The van der Waals surface area contributed by atoms with E-state index in [1.54, 1.807) is 26.2 Å². The molecular weight excluding hydrogens is 280 g/mol. The van der Waals surface area contributed by atoms with E-state index in [1.807, 2.05) is 30.3 Å². The zero-order chi connectivity index (χ0) is 15.7. The largest absolute Gasteiger partial charge is 0.496 e. The second kappa shape index (κ2) is 5.56. The molecule has 0 saturated heterocycles. The van der Waals surface area contributed by atoms with Crippen molar-refractivity contribution in [2.24, 2.45) is 0 Å². The lowest BCUT2D eigenvalue weighted by molar-refractivity contribution is 0.396. The van der Waals surface area contributed by atoms with Crippen molar-refractivity contribution in [3.63, 3.8) is 0 Å². The van der Waals surface area contributed by atoms with E-state index < -0.39 is 0 Å². The van der Waals surface area contributed by atoms with E-state index in [0.29, 0.717) is 33.8 Å². The topological polar surface area (TPSA) is 48.7 Å². The van der Waals surface area contributed by atoms with Gasteiger partial charge in [0.15, 0.2) is 0 Å². The molecule has 0 radical (unpaired) electrons. The highest BCUT2D eigenvalue weighted by atomic mass is 16.5. The number of fused-ring (bicyclic) bond motifs is 1. The van der Waals surface area contributed by atoms with Crippen molar-refractivity contribution in [2.45, 2.75) is 6.92 Å². The van der Waals surface area contributed by atoms with Crippen LogP contribution in [0.3, 0.4) is 0 Å². The molecule has 1 heterocycles. The molecule has 112 valence electrons. The van der Waals surface area contributed by atoms with Gasteiger partial charge in [0.25, 0.3) is 0 Å². The molecule has 0 aliphatic carbocycles. The van der Waals surface area contributed by atoms with Gasteiger partial charge >= 0.3 is 0 Å². The summed E-state index contributed by atoms with van der Waals surface area (Å²) in [5.74, 6) is 1.60. The molecule has 3 aromatic rings. The molecule has 0 saturated carbocycles. The molecule has 3 rings (SSSR count). The molecule has 22 heavy (non-hydrogen) atoms. The lowest BCUT2D eigenvalue weighted by Gasteiger charge is -2.11. The molecule has 0 bridgehead atoms. The maximum Gasteiger partial charge on any atom is 0.204 e. The minimum Gasteiger partial charge on any atom is -0.496 e. The van der Waals surface area contributed by atoms with E-state index in [2.05, 4.69) is 0 Å². The van der Waals surface area contributed by atoms with E-state index in [1.165, 1.54) is 7.11 Å². The molecule has 0 fully saturated rings. The molecule has 0 aliphatic rings. The van der Waals surface area contributed by atoms with Crippen LogP contribution in [-0.2, 0) is 0 Å². The summed E-state index contributed by atoms with van der Waals surface area (Å²) in [7, 11) is 3.08. The molecule has 1 aromatic heterocycles. The van der Waals surface area contributed by atoms with Gasteiger partial charge < -0.3 is 13.9 Å². The average Bonchev–Trinajstić information content (AvgIpc) is 2.54. The Morgan fingerprint density at radius 3 is 2.36 bits per heavy atom. The molecular formula is C18H16O4. The fourth-order valence-electron chi connectivity index (χ4n) is 2.59. The highest BCUT2D eigenvalue weighted by Crippen LogP contribution is 2.32. The van der Waals surface area contributed by atoms with Gasteiger partial charge in [-0.1, -0.05) is 30.3 Å². The number of rotatable bonds is 3. The van der Waals surface area contributed by atoms with Gasteiger partial charge in [-0.3, -0.25) is 4.79 Å². The zero-order valence-electron chi connectivity index (χ0n) is 12.7. The molecule has 0 N–H and O–H groups in total. The van der Waals surface area contributed by atoms with Crippen LogP contribution in [0.15, 0.2) is 51.7 Å². The summed E-state index contributed by atoms with van der Waals surface area (Å²) in [6.07, 6.45) is 0. The molecule has 0 atom stereocenters. The van der Waals surface area contributed by atoms with Crippen molar-refractivity contribution in [1.82, 2.24) is 0 Å². The number of hydrogen-bond donors (Lipinski definition) is 0. The first-order chi connectivity index (χ1) is 10.7. The highest BCUT2D eigenvalue weighted by molar-refractivity contribution is 5.89. The quantitative estimate of drug-likeness (QED) is 0.738. The smallest absolute Gasteiger partial charge is 0.204 e. The zero-order valence-corrected chi connectivity index (χ0v) is 12.7. The summed E-state index contributed by atoms with van der Waals surface area (Å²) in [4.78, 5) is 12.9. The molecule has 4 nitrogen and oxygen atoms in total. The Balaban J connectivity index is 2.40. The maximum atomic E-state index is 12.9. The second-order valence-electron chi connectivity index (χ2n) is 4.93. The molecule has 4 heteroatoms. The molecule has 0 amide bonds. The Morgan fingerprint density at radius 1 is 1.00 bits per heavy atom. The Hall–Kier alpha value is -2.75. The van der Waals surface area contributed by atoms with E-state index in [0.717, 1.165) is 5.56 Å². The van der Waals surface area contributed by atoms with Crippen LogP contribution >= 0.6 is 0 Å². The summed E-state index contributed by atoms with van der Waals surface area (Å²) < 4.78 is 16.4. The molecule has 0 unspecified atom stereocenters. The van der Waals surface area contributed by atoms with Crippen LogP contribution in [0.25, 0.3) is 22.1 Å². The lowest BCUT2D eigenvalue weighted by Crippen LogP contribution is -2.09. The third-order valence-electron chi connectivity index (χ3n) is 3.63. The highest BCUT2D eigenvalue weighted by Gasteiger charge is 2.17. The normalized spacial score (nSPS) is 10.7. The molecule has 0 spiro atoms. The van der Waals surface area contributed by atoms with Gasteiger partial charge in [0.1, 0.15) is 28.2 Å². The van der Waals surface area contributed by atoms with Crippen LogP contribution in [-0.4, -0.2) is 14.2 Å². The van der Waals surface area contributed by atoms with E-state index >= 15 is 0 Å². The Bertz CT molecular complexity index is 879. The first-order valence-electron chi connectivity index (χ1n) is 6.90. The number of methoxy groups -OCH3 is 2. The van der Waals surface area contributed by atoms with Crippen molar-refractivity contribution in [3.05, 3.63) is 58.4 Å². The lowest BCUT2D eigenvalue weighted by atomic mass is 10.0. The summed E-state index contributed by atoms with van der Waals surface area (Å²) in [6, 6.07) is 12.9. The fourth-order valence-corrected chi connectivity index (χ4v) is 2.59. The van der Waals surface area contributed by atoms with Crippen LogP contribution in [0.5, 0.6) is 11.5 Å². The van der Waals surface area contributed by atoms with Crippen LogP contribution in [0.2, 0.25) is 0 Å². The van der Waals surface area contributed by atoms with Crippen LogP contribution in [0, 0.1) is 6.92 Å². The van der Waals surface area contributed by atoms with E-state index in [4.69, 9.17) is 13.9 Å². The first-order valence-corrected chi connectivity index (χ1v) is 6.90. The monoisotopic (exact) mass is 296 g/mol. The second-order valence-corrected chi connectivity index (χ2v) is 4.93. The first kappa shape index (κ1) is 14.2.